The van der Waals surface area contributed by atoms with Gasteiger partial charge in [0.1, 0.15) is 22.4 Å². The van der Waals surface area contributed by atoms with Crippen molar-refractivity contribution in [1.82, 2.24) is 14.4 Å². The smallest absolute Gasteiger partial charge is 0.261 e. The highest BCUT2D eigenvalue weighted by molar-refractivity contribution is 7.92. The Morgan fingerprint density at radius 1 is 1.12 bits per heavy atom. The fourth-order valence-electron chi connectivity index (χ4n) is 4.79. The van der Waals surface area contributed by atoms with Crippen LogP contribution in [0.25, 0.3) is 0 Å². The molecule has 0 spiro atoms. The molecule has 3 atom stereocenters. The molecule has 0 fully saturated rings. The van der Waals surface area contributed by atoms with Crippen molar-refractivity contribution in [3.8, 4) is 5.75 Å². The Labute approximate surface area is 246 Å². The first-order valence-corrected chi connectivity index (χ1v) is 16.3. The second-order valence-electron chi connectivity index (χ2n) is 10.7. The van der Waals surface area contributed by atoms with E-state index in [1.54, 1.807) is 26.0 Å². The lowest BCUT2D eigenvalue weighted by molar-refractivity contribution is 0.0387. The number of aliphatic hydroxyl groups is 1. The highest BCUT2D eigenvalue weighted by Gasteiger charge is 2.37. The van der Waals surface area contributed by atoms with Crippen molar-refractivity contribution in [2.45, 2.75) is 56.6 Å². The van der Waals surface area contributed by atoms with Crippen LogP contribution < -0.4 is 9.46 Å². The number of aliphatic hydroxyl groups excluding tert-OH is 1. The molecule has 3 aromatic rings. The van der Waals surface area contributed by atoms with Crippen LogP contribution in [0.15, 0.2) is 56.8 Å². The molecule has 1 aliphatic rings. The van der Waals surface area contributed by atoms with Crippen LogP contribution in [0.2, 0.25) is 0 Å². The van der Waals surface area contributed by atoms with Crippen molar-refractivity contribution in [2.24, 2.45) is 5.92 Å². The number of carbonyl (C=O) groups excluding carboxylic acids is 1. The van der Waals surface area contributed by atoms with Crippen molar-refractivity contribution in [2.75, 3.05) is 31.5 Å². The first-order valence-electron chi connectivity index (χ1n) is 13.4. The van der Waals surface area contributed by atoms with Crippen molar-refractivity contribution < 1.29 is 36.0 Å². The van der Waals surface area contributed by atoms with Crippen LogP contribution in [0.4, 0.5) is 5.69 Å². The van der Waals surface area contributed by atoms with E-state index >= 15 is 0 Å². The number of amides is 1. The van der Waals surface area contributed by atoms with Crippen LogP contribution in [0, 0.1) is 26.7 Å². The monoisotopic (exact) mass is 620 g/mol. The lowest BCUT2D eigenvalue weighted by atomic mass is 9.99. The third-order valence-corrected chi connectivity index (χ3v) is 10.8. The largest absolute Gasteiger partial charge is 0.488 e. The predicted molar refractivity (Wildman–Crippen MR) is 155 cm³/mol. The molecule has 0 bridgehead atoms. The first kappa shape index (κ1) is 31.5. The van der Waals surface area contributed by atoms with Gasteiger partial charge in [-0.3, -0.25) is 9.52 Å². The number of nitrogens with zero attached hydrogens (tertiary/aromatic N) is 3. The number of anilines is 1. The van der Waals surface area contributed by atoms with E-state index in [1.807, 2.05) is 13.8 Å². The zero-order chi connectivity index (χ0) is 31.0. The molecule has 1 aromatic heterocycles. The summed E-state index contributed by atoms with van der Waals surface area (Å²) in [6.07, 6.45) is -0.708. The maximum Gasteiger partial charge on any atom is 0.261 e. The standard InChI is InChI=1S/C28H36N4O8S2/c1-17-7-10-23(11-8-17)41(35,36)30-22-9-12-25-24(13-22)28(34)32(19(3)16-33)14-18(2)26(39-25)15-31(6)42(37,38)27-20(4)29-40-21(27)5/h7-13,18-19,26,30,33H,14-16H2,1-6H3/t18-,19-,26-/m0/s1. The predicted octanol–water partition coefficient (Wildman–Crippen LogP) is 2.94. The molecule has 14 heteroatoms. The number of hydrogen-bond donors (Lipinski definition) is 2. The molecule has 0 saturated heterocycles. The number of benzene rings is 2. The number of aromatic nitrogens is 1. The highest BCUT2D eigenvalue weighted by atomic mass is 32.2. The maximum absolute atomic E-state index is 13.7. The van der Waals surface area contributed by atoms with Crippen LogP contribution in [0.5, 0.6) is 5.75 Å². The van der Waals surface area contributed by atoms with Crippen molar-refractivity contribution >= 4 is 31.6 Å². The van der Waals surface area contributed by atoms with Gasteiger partial charge in [-0.25, -0.2) is 16.8 Å². The fourth-order valence-corrected chi connectivity index (χ4v) is 7.30. The Bertz CT molecular complexity index is 1650. The molecule has 2 heterocycles. The van der Waals surface area contributed by atoms with E-state index in [-0.39, 0.29) is 63.9 Å². The average Bonchev–Trinajstić information content (AvgIpc) is 3.28. The number of likely N-dealkylation sites (N-methyl/N-ethyl adjacent to an activating group) is 1. The second-order valence-corrected chi connectivity index (χ2v) is 14.4. The van der Waals surface area contributed by atoms with Gasteiger partial charge in [-0.15, -0.1) is 0 Å². The number of aryl methyl sites for hydroxylation is 3. The van der Waals surface area contributed by atoms with Gasteiger partial charge in [0.05, 0.1) is 29.7 Å². The SMILES string of the molecule is Cc1ccc(S(=O)(=O)Nc2ccc3c(c2)C(=O)N([C@@H](C)CO)C[C@H](C)[C@H](CN(C)S(=O)(=O)c2c(C)noc2C)O3)cc1. The molecule has 2 aromatic carbocycles. The Balaban J connectivity index is 1.69. The van der Waals surface area contributed by atoms with Gasteiger partial charge >= 0.3 is 0 Å². The lowest BCUT2D eigenvalue weighted by Crippen LogP contribution is -2.50. The molecule has 12 nitrogen and oxygen atoms in total. The second kappa shape index (κ2) is 12.0. The van der Waals surface area contributed by atoms with Gasteiger partial charge in [-0.1, -0.05) is 29.8 Å². The topological polar surface area (TPSA) is 159 Å². The number of nitrogens with one attached hydrogen (secondary N) is 1. The van der Waals surface area contributed by atoms with E-state index in [0.717, 1.165) is 9.87 Å². The third kappa shape index (κ3) is 6.31. The Morgan fingerprint density at radius 3 is 2.38 bits per heavy atom. The van der Waals surface area contributed by atoms with Crippen LogP contribution in [-0.4, -0.2) is 81.1 Å². The maximum atomic E-state index is 13.7. The summed E-state index contributed by atoms with van der Waals surface area (Å²) in [5, 5.41) is 13.7. The van der Waals surface area contributed by atoms with Gasteiger partial charge in [0.15, 0.2) is 5.76 Å². The van der Waals surface area contributed by atoms with Gasteiger partial charge < -0.3 is 19.3 Å². The van der Waals surface area contributed by atoms with E-state index in [9.17, 15) is 26.7 Å². The molecule has 1 aliphatic heterocycles. The molecule has 42 heavy (non-hydrogen) atoms. The van der Waals surface area contributed by atoms with E-state index < -0.39 is 38.1 Å². The minimum Gasteiger partial charge on any atom is -0.488 e. The summed E-state index contributed by atoms with van der Waals surface area (Å²) in [6, 6.07) is 10.1. The number of hydrogen-bond acceptors (Lipinski definition) is 9. The van der Waals surface area contributed by atoms with Crippen molar-refractivity contribution in [3.63, 3.8) is 0 Å². The molecule has 0 aliphatic carbocycles. The number of fused-ring (bicyclic) bond motifs is 1. The number of carbonyl (C=O) groups is 1. The number of sulfonamides is 2. The molecule has 2 N–H and O–H groups in total. The first-order chi connectivity index (χ1) is 19.6. The minimum atomic E-state index is -3.98. The summed E-state index contributed by atoms with van der Waals surface area (Å²) in [4.78, 5) is 15.2. The number of ether oxygens (including phenoxy) is 1. The normalized spacial score (nSPS) is 18.7. The van der Waals surface area contributed by atoms with Gasteiger partial charge in [0.25, 0.3) is 15.9 Å². The summed E-state index contributed by atoms with van der Waals surface area (Å²) >= 11 is 0. The zero-order valence-electron chi connectivity index (χ0n) is 24.4. The lowest BCUT2D eigenvalue weighted by Gasteiger charge is -2.38. The molecule has 0 saturated carbocycles. The van der Waals surface area contributed by atoms with Gasteiger partial charge in [0, 0.05) is 25.2 Å². The van der Waals surface area contributed by atoms with Crippen LogP contribution in [0.3, 0.4) is 0 Å². The molecule has 0 radical (unpaired) electrons. The molecule has 0 unspecified atom stereocenters. The minimum absolute atomic E-state index is 0.0138. The summed E-state index contributed by atoms with van der Waals surface area (Å²) in [5.74, 6) is -0.471. The third-order valence-electron chi connectivity index (χ3n) is 7.32. The molecule has 228 valence electrons. The van der Waals surface area contributed by atoms with Gasteiger partial charge in [-0.05, 0) is 58.0 Å². The van der Waals surface area contributed by atoms with E-state index in [2.05, 4.69) is 9.88 Å². The molecule has 1 amide bonds. The number of rotatable bonds is 9. The van der Waals surface area contributed by atoms with Crippen LogP contribution in [0.1, 0.15) is 41.2 Å². The fraction of sp³-hybridized carbons (Fsp3) is 0.429. The molecular formula is C28H36N4O8S2. The Morgan fingerprint density at radius 2 is 1.79 bits per heavy atom. The van der Waals surface area contributed by atoms with Crippen molar-refractivity contribution in [1.29, 1.82) is 0 Å². The highest BCUT2D eigenvalue weighted by Crippen LogP contribution is 2.32. The molecule has 4 rings (SSSR count). The van der Waals surface area contributed by atoms with Crippen molar-refractivity contribution in [3.05, 3.63) is 65.0 Å². The Hall–Kier alpha value is -3.46. The van der Waals surface area contributed by atoms with Crippen LogP contribution >= 0.6 is 0 Å². The summed E-state index contributed by atoms with van der Waals surface area (Å²) < 4.78 is 67.9. The average molecular weight is 621 g/mol. The summed E-state index contributed by atoms with van der Waals surface area (Å²) in [5.41, 5.74) is 1.37. The van der Waals surface area contributed by atoms with Gasteiger partial charge in [-0.2, -0.15) is 4.31 Å². The van der Waals surface area contributed by atoms with Gasteiger partial charge in [0.2, 0.25) is 10.0 Å². The van der Waals surface area contributed by atoms with E-state index in [4.69, 9.17) is 9.26 Å². The summed E-state index contributed by atoms with van der Waals surface area (Å²) in [6.45, 7) is 8.23. The summed E-state index contributed by atoms with van der Waals surface area (Å²) in [7, 11) is -6.50. The van der Waals surface area contributed by atoms with E-state index in [0.29, 0.717) is 0 Å². The Kier molecular flexibility index (Phi) is 9.02. The zero-order valence-corrected chi connectivity index (χ0v) is 26.0. The van der Waals surface area contributed by atoms with Crippen LogP contribution in [-0.2, 0) is 20.0 Å². The van der Waals surface area contributed by atoms with E-state index in [1.165, 1.54) is 49.2 Å². The molecular weight excluding hydrogens is 584 g/mol. The quantitative estimate of drug-likeness (QED) is 0.367.